The Morgan fingerprint density at radius 2 is 2.04 bits per heavy atom. The molecule has 1 aromatic heterocycles. The van der Waals surface area contributed by atoms with Gasteiger partial charge in [0, 0.05) is 29.9 Å². The van der Waals surface area contributed by atoms with Gasteiger partial charge in [0.15, 0.2) is 5.13 Å². The summed E-state index contributed by atoms with van der Waals surface area (Å²) in [4.78, 5) is 30.5. The van der Waals surface area contributed by atoms with Crippen LogP contribution < -0.4 is 11.1 Å². The minimum atomic E-state index is -0.0934. The summed E-state index contributed by atoms with van der Waals surface area (Å²) in [5.74, 6) is -0.0894. The first-order valence-corrected chi connectivity index (χ1v) is 9.06. The van der Waals surface area contributed by atoms with E-state index in [0.29, 0.717) is 10.8 Å². The number of nitrogens with one attached hydrogen (secondary N) is 1. The van der Waals surface area contributed by atoms with Gasteiger partial charge >= 0.3 is 0 Å². The van der Waals surface area contributed by atoms with Gasteiger partial charge in [-0.1, -0.05) is 13.8 Å². The number of thiazole rings is 1. The average Bonchev–Trinajstić information content (AvgIpc) is 2.94. The number of rotatable bonds is 5. The summed E-state index contributed by atoms with van der Waals surface area (Å²) >= 11 is 1.35. The molecule has 2 amide bonds. The van der Waals surface area contributed by atoms with Crippen molar-refractivity contribution in [3.05, 3.63) is 11.1 Å². The van der Waals surface area contributed by atoms with E-state index in [1.165, 1.54) is 11.3 Å². The van der Waals surface area contributed by atoms with Gasteiger partial charge in [-0.25, -0.2) is 4.98 Å². The van der Waals surface area contributed by atoms with Gasteiger partial charge in [0.05, 0.1) is 12.1 Å². The molecule has 2 heterocycles. The summed E-state index contributed by atoms with van der Waals surface area (Å²) in [6, 6.07) is 0.102. The number of aromatic nitrogens is 1. The quantitative estimate of drug-likeness (QED) is 0.780. The fourth-order valence-electron chi connectivity index (χ4n) is 2.77. The van der Waals surface area contributed by atoms with Crippen LogP contribution in [0.4, 0.5) is 5.13 Å². The molecule has 1 fully saturated rings. The van der Waals surface area contributed by atoms with Crippen LogP contribution in [0.1, 0.15) is 45.7 Å². The molecule has 0 spiro atoms. The van der Waals surface area contributed by atoms with E-state index in [-0.39, 0.29) is 61.1 Å². The molecule has 0 saturated carbocycles. The summed E-state index contributed by atoms with van der Waals surface area (Å²) in [6.07, 6.45) is 3.38. The molecule has 25 heavy (non-hydrogen) atoms. The third-order valence-corrected chi connectivity index (χ3v) is 4.92. The maximum absolute atomic E-state index is 12.6. The monoisotopic (exact) mass is 410 g/mol. The number of carbonyl (C=O) groups is 2. The summed E-state index contributed by atoms with van der Waals surface area (Å²) in [5.41, 5.74) is 6.72. The van der Waals surface area contributed by atoms with E-state index in [9.17, 15) is 9.59 Å². The molecule has 2 unspecified atom stereocenters. The van der Waals surface area contributed by atoms with Crippen molar-refractivity contribution in [2.75, 3.05) is 11.9 Å². The van der Waals surface area contributed by atoms with Gasteiger partial charge in [0.2, 0.25) is 11.8 Å². The largest absolute Gasteiger partial charge is 0.338 e. The minimum absolute atomic E-state index is 0. The lowest BCUT2D eigenvalue weighted by Gasteiger charge is -2.38. The van der Waals surface area contributed by atoms with Gasteiger partial charge in [-0.15, -0.1) is 36.2 Å². The average molecular weight is 411 g/mol. The summed E-state index contributed by atoms with van der Waals surface area (Å²) < 4.78 is 0. The van der Waals surface area contributed by atoms with Crippen molar-refractivity contribution in [2.24, 2.45) is 11.7 Å². The fourth-order valence-corrected chi connectivity index (χ4v) is 3.48. The molecule has 2 atom stereocenters. The van der Waals surface area contributed by atoms with E-state index >= 15 is 0 Å². The van der Waals surface area contributed by atoms with Gasteiger partial charge in [-0.3, -0.25) is 9.59 Å². The molecule has 0 aliphatic carbocycles. The maximum Gasteiger partial charge on any atom is 0.228 e. The van der Waals surface area contributed by atoms with Crippen molar-refractivity contribution in [3.63, 3.8) is 0 Å². The molecule has 1 aliphatic rings. The van der Waals surface area contributed by atoms with E-state index in [2.05, 4.69) is 10.3 Å². The summed E-state index contributed by atoms with van der Waals surface area (Å²) in [5, 5.41) is 5.15. The number of hydrogen-bond acceptors (Lipinski definition) is 5. The van der Waals surface area contributed by atoms with Crippen molar-refractivity contribution < 1.29 is 9.59 Å². The summed E-state index contributed by atoms with van der Waals surface area (Å²) in [7, 11) is 0. The van der Waals surface area contributed by atoms with Crippen LogP contribution in [-0.2, 0) is 16.0 Å². The highest BCUT2D eigenvalue weighted by molar-refractivity contribution is 7.13. The molecule has 0 radical (unpaired) electrons. The molecular formula is C16H28Cl2N4O2S. The van der Waals surface area contributed by atoms with E-state index in [4.69, 9.17) is 5.73 Å². The third-order valence-electron chi connectivity index (χ3n) is 4.12. The van der Waals surface area contributed by atoms with Gasteiger partial charge in [0.1, 0.15) is 0 Å². The molecule has 0 bridgehead atoms. The Morgan fingerprint density at radius 3 is 2.64 bits per heavy atom. The highest BCUT2D eigenvalue weighted by Crippen LogP contribution is 2.22. The molecule has 2 rings (SSSR count). The zero-order valence-corrected chi connectivity index (χ0v) is 17.3. The van der Waals surface area contributed by atoms with Crippen LogP contribution in [0.3, 0.4) is 0 Å². The van der Waals surface area contributed by atoms with Crippen molar-refractivity contribution in [1.29, 1.82) is 0 Å². The number of nitrogens with two attached hydrogens (primary N) is 1. The van der Waals surface area contributed by atoms with Crippen molar-refractivity contribution in [3.8, 4) is 0 Å². The Morgan fingerprint density at radius 1 is 1.36 bits per heavy atom. The zero-order chi connectivity index (χ0) is 17.0. The number of anilines is 1. The van der Waals surface area contributed by atoms with Crippen molar-refractivity contribution >= 4 is 53.1 Å². The van der Waals surface area contributed by atoms with Crippen LogP contribution in [0.25, 0.3) is 0 Å². The third kappa shape index (κ3) is 6.73. The van der Waals surface area contributed by atoms with Crippen LogP contribution in [0.5, 0.6) is 0 Å². The molecule has 0 aromatic carbocycles. The second kappa shape index (κ2) is 11.0. The second-order valence-corrected chi connectivity index (χ2v) is 7.33. The number of amides is 2. The highest BCUT2D eigenvalue weighted by Gasteiger charge is 2.29. The molecule has 1 aromatic rings. The van der Waals surface area contributed by atoms with Gasteiger partial charge in [0.25, 0.3) is 0 Å². The van der Waals surface area contributed by atoms with E-state index in [0.717, 1.165) is 25.8 Å². The number of piperidine rings is 1. The maximum atomic E-state index is 12.6. The second-order valence-electron chi connectivity index (χ2n) is 6.47. The van der Waals surface area contributed by atoms with Crippen LogP contribution in [0, 0.1) is 5.92 Å². The van der Waals surface area contributed by atoms with E-state index in [1.54, 1.807) is 0 Å². The smallest absolute Gasteiger partial charge is 0.228 e. The number of likely N-dealkylation sites (tertiary alicyclic amines) is 1. The molecule has 3 N–H and O–H groups in total. The van der Waals surface area contributed by atoms with Crippen molar-refractivity contribution in [1.82, 2.24) is 9.88 Å². The van der Waals surface area contributed by atoms with Gasteiger partial charge in [-0.2, -0.15) is 0 Å². The van der Waals surface area contributed by atoms with Crippen LogP contribution in [-0.4, -0.2) is 40.3 Å². The van der Waals surface area contributed by atoms with Gasteiger partial charge in [-0.05, 0) is 26.2 Å². The first kappa shape index (κ1) is 24.1. The first-order chi connectivity index (χ1) is 10.9. The van der Waals surface area contributed by atoms with Crippen molar-refractivity contribution in [2.45, 2.75) is 58.5 Å². The van der Waals surface area contributed by atoms with Gasteiger partial charge < -0.3 is 16.0 Å². The number of halogens is 2. The highest BCUT2D eigenvalue weighted by atomic mass is 35.5. The molecule has 9 heteroatoms. The van der Waals surface area contributed by atoms with Crippen LogP contribution >= 0.6 is 36.2 Å². The Labute approximate surface area is 165 Å². The lowest BCUT2D eigenvalue weighted by molar-refractivity contribution is -0.134. The molecule has 1 saturated heterocycles. The van der Waals surface area contributed by atoms with E-state index < -0.39 is 0 Å². The number of nitrogens with zero attached hydrogens (tertiary/aromatic N) is 2. The number of carbonyl (C=O) groups excluding carboxylic acids is 2. The molecule has 1 aliphatic heterocycles. The lowest BCUT2D eigenvalue weighted by atomic mass is 9.96. The van der Waals surface area contributed by atoms with Crippen LogP contribution in [0.2, 0.25) is 0 Å². The lowest BCUT2D eigenvalue weighted by Crippen LogP contribution is -2.52. The molecule has 6 nitrogen and oxygen atoms in total. The van der Waals surface area contributed by atoms with E-state index in [1.807, 2.05) is 31.1 Å². The first-order valence-electron chi connectivity index (χ1n) is 8.18. The van der Waals surface area contributed by atoms with Crippen LogP contribution in [0.15, 0.2) is 5.38 Å². The zero-order valence-electron chi connectivity index (χ0n) is 14.9. The predicted molar refractivity (Wildman–Crippen MR) is 107 cm³/mol. The SMILES string of the molecule is CC(C)C(=O)Nc1nc(CC(=O)N2CCCCC2C(C)N)cs1.Cl.Cl. The Kier molecular flexibility index (Phi) is 10.6. The summed E-state index contributed by atoms with van der Waals surface area (Å²) in [6.45, 7) is 6.39. The topological polar surface area (TPSA) is 88.3 Å². The number of hydrogen-bond donors (Lipinski definition) is 2. The molecule has 144 valence electrons. The Bertz CT molecular complexity index is 566. The normalized spacial score (nSPS) is 18.1. The predicted octanol–water partition coefficient (Wildman–Crippen LogP) is 2.85. The minimum Gasteiger partial charge on any atom is -0.338 e. The standard InChI is InChI=1S/C16H26N4O2S.2ClH/c1-10(2)15(22)19-16-18-12(9-23-16)8-14(21)20-7-5-4-6-13(20)11(3)17;;/h9-11,13H,4-8,17H2,1-3H3,(H,18,19,22);2*1H. The molecular weight excluding hydrogens is 383 g/mol. The Hall–Kier alpha value is -0.890. The fraction of sp³-hybridized carbons (Fsp3) is 0.688. The Balaban J connectivity index is 0.00000288.